The number of methoxy groups -OCH3 is 1. The molecule has 0 saturated heterocycles. The Bertz CT molecular complexity index is 750. The molecule has 4 nitrogen and oxygen atoms in total. The Morgan fingerprint density at radius 1 is 1.15 bits per heavy atom. The van der Waals surface area contributed by atoms with E-state index in [1.54, 1.807) is 25.3 Å². The van der Waals surface area contributed by atoms with Gasteiger partial charge < -0.3 is 15.0 Å². The summed E-state index contributed by atoms with van der Waals surface area (Å²) in [6, 6.07) is 10.9. The van der Waals surface area contributed by atoms with E-state index in [4.69, 9.17) is 27.9 Å². The number of aromatic amines is 1. The highest BCUT2D eigenvalue weighted by Crippen LogP contribution is 2.32. The number of hydrogen-bond acceptors (Lipinski definition) is 3. The minimum Gasteiger partial charge on any atom is -0.497 e. The molecule has 2 aromatic carbocycles. The fourth-order valence-corrected chi connectivity index (χ4v) is 2.40. The molecule has 0 bridgehead atoms. The Labute approximate surface area is 125 Å². The van der Waals surface area contributed by atoms with Crippen molar-refractivity contribution in [2.45, 2.75) is 0 Å². The molecular formula is C14H11Cl2N3O. The topological polar surface area (TPSA) is 49.9 Å². The molecule has 102 valence electrons. The molecule has 0 spiro atoms. The van der Waals surface area contributed by atoms with E-state index in [0.29, 0.717) is 21.7 Å². The second-order valence-electron chi connectivity index (χ2n) is 4.19. The van der Waals surface area contributed by atoms with Gasteiger partial charge in [0.25, 0.3) is 0 Å². The zero-order valence-corrected chi connectivity index (χ0v) is 12.1. The molecule has 20 heavy (non-hydrogen) atoms. The van der Waals surface area contributed by atoms with Gasteiger partial charge >= 0.3 is 0 Å². The molecule has 0 atom stereocenters. The molecular weight excluding hydrogens is 297 g/mol. The molecule has 1 aromatic heterocycles. The molecule has 0 saturated carbocycles. The summed E-state index contributed by atoms with van der Waals surface area (Å²) in [4.78, 5) is 7.58. The van der Waals surface area contributed by atoms with Gasteiger partial charge in [-0.3, -0.25) is 0 Å². The predicted octanol–water partition coefficient (Wildman–Crippen LogP) is 4.62. The summed E-state index contributed by atoms with van der Waals surface area (Å²) < 4.78 is 5.18. The number of H-pyrrole nitrogens is 1. The molecule has 0 amide bonds. The van der Waals surface area contributed by atoms with Crippen LogP contribution in [0.2, 0.25) is 10.0 Å². The first-order valence-electron chi connectivity index (χ1n) is 5.92. The standard InChI is InChI=1S/C14H11Cl2N3O/c1-20-8-5-6-11-12(7-8)18-14(17-11)19-13-9(15)3-2-4-10(13)16/h2-7H,1H3,(H2,17,18,19). The predicted molar refractivity (Wildman–Crippen MR) is 82.4 cm³/mol. The first-order valence-corrected chi connectivity index (χ1v) is 6.68. The van der Waals surface area contributed by atoms with Gasteiger partial charge in [0.2, 0.25) is 5.95 Å². The zero-order valence-electron chi connectivity index (χ0n) is 10.6. The lowest BCUT2D eigenvalue weighted by molar-refractivity contribution is 0.415. The Kier molecular flexibility index (Phi) is 3.42. The lowest BCUT2D eigenvalue weighted by Gasteiger charge is -2.06. The average molecular weight is 308 g/mol. The van der Waals surface area contributed by atoms with Gasteiger partial charge in [0.05, 0.1) is 33.9 Å². The number of fused-ring (bicyclic) bond motifs is 1. The molecule has 2 N–H and O–H groups in total. The SMILES string of the molecule is COc1ccc2nc(Nc3c(Cl)cccc3Cl)[nH]c2c1. The molecule has 0 aliphatic carbocycles. The number of ether oxygens (including phenoxy) is 1. The maximum Gasteiger partial charge on any atom is 0.205 e. The molecule has 3 aromatic rings. The maximum atomic E-state index is 6.12. The van der Waals surface area contributed by atoms with Gasteiger partial charge in [-0.2, -0.15) is 0 Å². The van der Waals surface area contributed by atoms with E-state index in [-0.39, 0.29) is 0 Å². The van der Waals surface area contributed by atoms with Crippen molar-refractivity contribution in [2.75, 3.05) is 12.4 Å². The highest BCUT2D eigenvalue weighted by molar-refractivity contribution is 6.39. The first kappa shape index (κ1) is 13.1. The van der Waals surface area contributed by atoms with Crippen molar-refractivity contribution < 1.29 is 4.74 Å². The van der Waals surface area contributed by atoms with Crippen molar-refractivity contribution in [1.82, 2.24) is 9.97 Å². The van der Waals surface area contributed by atoms with Gasteiger partial charge in [-0.1, -0.05) is 29.3 Å². The number of rotatable bonds is 3. The fraction of sp³-hybridized carbons (Fsp3) is 0.0714. The third-order valence-electron chi connectivity index (χ3n) is 2.90. The van der Waals surface area contributed by atoms with E-state index in [1.165, 1.54) is 0 Å². The van der Waals surface area contributed by atoms with Crippen molar-refractivity contribution in [3.05, 3.63) is 46.4 Å². The Morgan fingerprint density at radius 2 is 1.90 bits per heavy atom. The van der Waals surface area contributed by atoms with E-state index < -0.39 is 0 Å². The number of para-hydroxylation sites is 1. The lowest BCUT2D eigenvalue weighted by Crippen LogP contribution is -1.93. The molecule has 0 unspecified atom stereocenters. The van der Waals surface area contributed by atoms with E-state index in [9.17, 15) is 0 Å². The van der Waals surface area contributed by atoms with Crippen molar-refractivity contribution >= 4 is 45.9 Å². The van der Waals surface area contributed by atoms with Crippen LogP contribution in [0.1, 0.15) is 0 Å². The lowest BCUT2D eigenvalue weighted by atomic mass is 10.3. The van der Waals surface area contributed by atoms with Gasteiger partial charge in [0, 0.05) is 6.07 Å². The summed E-state index contributed by atoms with van der Waals surface area (Å²) in [5.41, 5.74) is 2.33. The summed E-state index contributed by atoms with van der Waals surface area (Å²) in [7, 11) is 1.63. The van der Waals surface area contributed by atoms with Crippen LogP contribution in [-0.2, 0) is 0 Å². The minimum atomic E-state index is 0.538. The molecule has 0 fully saturated rings. The molecule has 1 heterocycles. The molecule has 3 rings (SSSR count). The summed E-state index contributed by atoms with van der Waals surface area (Å²) in [5, 5.41) is 4.17. The van der Waals surface area contributed by atoms with Crippen LogP contribution in [0.3, 0.4) is 0 Å². The molecule has 0 aliphatic rings. The van der Waals surface area contributed by atoms with E-state index in [1.807, 2.05) is 18.2 Å². The van der Waals surface area contributed by atoms with E-state index in [2.05, 4.69) is 15.3 Å². The van der Waals surface area contributed by atoms with Gasteiger partial charge in [-0.15, -0.1) is 0 Å². The summed E-state index contributed by atoms with van der Waals surface area (Å²) in [6.07, 6.45) is 0. The normalized spacial score (nSPS) is 10.8. The Balaban J connectivity index is 1.99. The van der Waals surface area contributed by atoms with Crippen LogP contribution in [-0.4, -0.2) is 17.1 Å². The van der Waals surface area contributed by atoms with E-state index >= 15 is 0 Å². The zero-order chi connectivity index (χ0) is 14.1. The van der Waals surface area contributed by atoms with Crippen molar-refractivity contribution in [3.63, 3.8) is 0 Å². The van der Waals surface area contributed by atoms with Gasteiger partial charge in [0.1, 0.15) is 5.75 Å². The third kappa shape index (κ3) is 2.40. The van der Waals surface area contributed by atoms with Crippen molar-refractivity contribution in [2.24, 2.45) is 0 Å². The Hall–Kier alpha value is -1.91. The van der Waals surface area contributed by atoms with Crippen LogP contribution in [0.25, 0.3) is 11.0 Å². The van der Waals surface area contributed by atoms with Crippen molar-refractivity contribution in [1.29, 1.82) is 0 Å². The number of halogens is 2. The number of aromatic nitrogens is 2. The number of benzene rings is 2. The van der Waals surface area contributed by atoms with Crippen LogP contribution in [0.4, 0.5) is 11.6 Å². The quantitative estimate of drug-likeness (QED) is 0.742. The number of hydrogen-bond donors (Lipinski definition) is 2. The monoisotopic (exact) mass is 307 g/mol. The molecule has 0 radical (unpaired) electrons. The summed E-state index contributed by atoms with van der Waals surface area (Å²) in [5.74, 6) is 1.34. The average Bonchev–Trinajstić information content (AvgIpc) is 2.84. The second kappa shape index (κ2) is 5.23. The maximum absolute atomic E-state index is 6.12. The smallest absolute Gasteiger partial charge is 0.205 e. The highest BCUT2D eigenvalue weighted by Gasteiger charge is 2.09. The van der Waals surface area contributed by atoms with Gasteiger partial charge in [0.15, 0.2) is 0 Å². The molecule has 0 aliphatic heterocycles. The largest absolute Gasteiger partial charge is 0.497 e. The van der Waals surface area contributed by atoms with Crippen LogP contribution >= 0.6 is 23.2 Å². The third-order valence-corrected chi connectivity index (χ3v) is 3.53. The van der Waals surface area contributed by atoms with Gasteiger partial charge in [-0.05, 0) is 24.3 Å². The summed E-state index contributed by atoms with van der Waals surface area (Å²) in [6.45, 7) is 0. The van der Waals surface area contributed by atoms with Crippen LogP contribution in [0.5, 0.6) is 5.75 Å². The van der Waals surface area contributed by atoms with Crippen LogP contribution in [0, 0.1) is 0 Å². The Morgan fingerprint density at radius 3 is 2.60 bits per heavy atom. The van der Waals surface area contributed by atoms with E-state index in [0.717, 1.165) is 16.8 Å². The highest BCUT2D eigenvalue weighted by atomic mass is 35.5. The van der Waals surface area contributed by atoms with Gasteiger partial charge in [-0.25, -0.2) is 4.98 Å². The molecule has 6 heteroatoms. The van der Waals surface area contributed by atoms with Crippen molar-refractivity contribution in [3.8, 4) is 5.75 Å². The summed E-state index contributed by atoms with van der Waals surface area (Å²) >= 11 is 12.2. The second-order valence-corrected chi connectivity index (χ2v) is 5.00. The number of nitrogens with one attached hydrogen (secondary N) is 2. The number of nitrogens with zero attached hydrogens (tertiary/aromatic N) is 1. The first-order chi connectivity index (χ1) is 9.67. The fourth-order valence-electron chi connectivity index (χ4n) is 1.91. The minimum absolute atomic E-state index is 0.538. The number of imidazole rings is 1. The number of anilines is 2. The van der Waals surface area contributed by atoms with Crippen LogP contribution < -0.4 is 10.1 Å². The van der Waals surface area contributed by atoms with Crippen LogP contribution in [0.15, 0.2) is 36.4 Å².